The summed E-state index contributed by atoms with van der Waals surface area (Å²) in [6.07, 6.45) is 2.90. The van der Waals surface area contributed by atoms with Crippen molar-refractivity contribution in [1.29, 1.82) is 0 Å². The Kier molecular flexibility index (Phi) is 8.82. The van der Waals surface area contributed by atoms with Gasteiger partial charge in [-0.05, 0) is 0 Å². The number of halogens is 1. The summed E-state index contributed by atoms with van der Waals surface area (Å²) in [6, 6.07) is 1.22. The molecule has 1 aromatic heterocycles. The molecule has 0 fully saturated rings. The van der Waals surface area contributed by atoms with E-state index in [2.05, 4.69) is 95.0 Å². The molecule has 0 aliphatic heterocycles. The molecular formula is C20H43IN2O2Si2-2. The fourth-order valence-corrected chi connectivity index (χ4v) is 5.29. The van der Waals surface area contributed by atoms with Gasteiger partial charge in [0.25, 0.3) is 0 Å². The van der Waals surface area contributed by atoms with Gasteiger partial charge in [0.15, 0.2) is 0 Å². The number of aromatic nitrogens is 2. The van der Waals surface area contributed by atoms with Gasteiger partial charge in [0.05, 0.1) is 0 Å². The van der Waals surface area contributed by atoms with Gasteiger partial charge >= 0.3 is 184 Å². The van der Waals surface area contributed by atoms with Crippen molar-refractivity contribution in [3.05, 3.63) is 15.5 Å². The van der Waals surface area contributed by atoms with Crippen LogP contribution in [0.2, 0.25) is 43.8 Å². The Bertz CT molecular complexity index is 602. The number of rotatable bonds is 10. The first-order valence-corrected chi connectivity index (χ1v) is 19.2. The molecule has 1 heterocycles. The van der Waals surface area contributed by atoms with Crippen LogP contribution in [0.3, 0.4) is 0 Å². The first-order valence-electron chi connectivity index (χ1n) is 10.5. The van der Waals surface area contributed by atoms with Crippen molar-refractivity contribution in [2.24, 2.45) is 5.41 Å². The molecule has 0 radical (unpaired) electrons. The molecule has 0 atom stereocenters. The van der Waals surface area contributed by atoms with E-state index in [-0.39, 0.29) is 10.5 Å². The normalized spacial score (nSPS) is 15.2. The molecule has 0 amide bonds. The minimum absolute atomic E-state index is 0.0694. The third-order valence-electron chi connectivity index (χ3n) is 5.86. The molecule has 0 spiro atoms. The van der Waals surface area contributed by atoms with Crippen molar-refractivity contribution in [2.75, 3.05) is 13.2 Å². The summed E-state index contributed by atoms with van der Waals surface area (Å²) in [5, 5.41) is 4.82. The summed E-state index contributed by atoms with van der Waals surface area (Å²) in [4.78, 5) is 0. The minimum atomic E-state index is -2.04. The van der Waals surface area contributed by atoms with Crippen LogP contribution in [-0.2, 0) is 22.3 Å². The second-order valence-electron chi connectivity index (χ2n) is 12.0. The predicted molar refractivity (Wildman–Crippen MR) is 132 cm³/mol. The fourth-order valence-electron chi connectivity index (χ4n) is 2.45. The van der Waals surface area contributed by atoms with E-state index in [0.29, 0.717) is 6.73 Å². The first kappa shape index (κ1) is 25.3. The van der Waals surface area contributed by atoms with Crippen LogP contribution in [0.15, 0.2) is 6.20 Å². The van der Waals surface area contributed by atoms with Crippen LogP contribution in [0.4, 0.5) is 0 Å². The molecule has 0 aliphatic rings. The molecule has 0 aromatic carbocycles. The summed E-state index contributed by atoms with van der Waals surface area (Å²) in [5.41, 5.74) is 1.33. The van der Waals surface area contributed by atoms with Crippen LogP contribution in [0.1, 0.15) is 40.3 Å². The van der Waals surface area contributed by atoms with Crippen molar-refractivity contribution in [3.8, 4) is 0 Å². The zero-order chi connectivity index (χ0) is 21.1. The number of hydrogen-bond donors (Lipinski definition) is 0. The van der Waals surface area contributed by atoms with E-state index < -0.39 is 16.4 Å². The Labute approximate surface area is 183 Å². The standard InChI is InChI=1S/C20H43IN2O2Si2/c1-19(2,3)27(9,10)25-15-20(4,5)13-18-17(21)14-22-23(18)16-24-11-12-26(6,7)8/h14,26-27H,11-13,15-16H2,1-10H3/q-2. The van der Waals surface area contributed by atoms with Gasteiger partial charge in [0, 0.05) is 0 Å². The van der Waals surface area contributed by atoms with Gasteiger partial charge in [-0.1, -0.05) is 0 Å². The van der Waals surface area contributed by atoms with E-state index in [1.165, 1.54) is 15.3 Å². The number of hydrogen-bond acceptors (Lipinski definition) is 3. The summed E-state index contributed by atoms with van der Waals surface area (Å²) in [6.45, 7) is 25.6. The molecule has 27 heavy (non-hydrogen) atoms. The van der Waals surface area contributed by atoms with Gasteiger partial charge < -0.3 is 0 Å². The SMILES string of the molecule is CC(C)(CO[SiH-](C)(C)C(C)(C)C)Cc1c(I)cnn1COCC[SiH-](C)(C)C. The maximum atomic E-state index is 6.53. The van der Waals surface area contributed by atoms with Crippen LogP contribution in [-0.4, -0.2) is 39.4 Å². The van der Waals surface area contributed by atoms with Gasteiger partial charge in [-0.2, -0.15) is 0 Å². The average Bonchev–Trinajstić information content (AvgIpc) is 2.80. The van der Waals surface area contributed by atoms with Crippen LogP contribution in [0.25, 0.3) is 0 Å². The monoisotopic (exact) mass is 526 g/mol. The maximum absolute atomic E-state index is 6.53. The van der Waals surface area contributed by atoms with E-state index in [1.54, 1.807) is 0 Å². The van der Waals surface area contributed by atoms with Gasteiger partial charge in [-0.15, -0.1) is 0 Å². The summed E-state index contributed by atoms with van der Waals surface area (Å²) in [5.74, 6) is 0. The molecule has 0 aliphatic carbocycles. The van der Waals surface area contributed by atoms with E-state index >= 15 is 0 Å². The van der Waals surface area contributed by atoms with Gasteiger partial charge in [-0.25, -0.2) is 0 Å². The topological polar surface area (TPSA) is 36.3 Å². The van der Waals surface area contributed by atoms with Gasteiger partial charge in [0.1, 0.15) is 0 Å². The van der Waals surface area contributed by atoms with E-state index in [1.807, 2.05) is 10.9 Å². The molecular weight excluding hydrogens is 483 g/mol. The molecule has 162 valence electrons. The molecule has 0 saturated heterocycles. The zero-order valence-corrected chi connectivity index (χ0v) is 23.8. The van der Waals surface area contributed by atoms with E-state index in [0.717, 1.165) is 19.6 Å². The molecule has 0 unspecified atom stereocenters. The van der Waals surface area contributed by atoms with Crippen LogP contribution >= 0.6 is 22.6 Å². The van der Waals surface area contributed by atoms with Crippen molar-refractivity contribution < 1.29 is 9.16 Å². The number of ether oxygens (including phenoxy) is 1. The van der Waals surface area contributed by atoms with Crippen molar-refractivity contribution in [3.63, 3.8) is 0 Å². The van der Waals surface area contributed by atoms with Gasteiger partial charge in [0.2, 0.25) is 0 Å². The van der Waals surface area contributed by atoms with Crippen LogP contribution < -0.4 is 0 Å². The predicted octanol–water partition coefficient (Wildman–Crippen LogP) is 5.86. The Morgan fingerprint density at radius 3 is 2.19 bits per heavy atom. The molecule has 7 heteroatoms. The zero-order valence-electron chi connectivity index (χ0n) is 19.4. The second-order valence-corrected chi connectivity index (χ2v) is 25.2. The Hall–Kier alpha value is 0.294. The van der Waals surface area contributed by atoms with Crippen LogP contribution in [0, 0.1) is 8.99 Å². The van der Waals surface area contributed by atoms with Crippen LogP contribution in [0.5, 0.6) is 0 Å². The summed E-state index contributed by atoms with van der Waals surface area (Å²) in [7, 11) is -3.37. The first-order chi connectivity index (χ1) is 12.0. The number of nitrogens with zero attached hydrogens (tertiary/aromatic N) is 2. The third-order valence-corrected chi connectivity index (χ3v) is 13.9. The molecule has 1 rings (SSSR count). The van der Waals surface area contributed by atoms with Crippen molar-refractivity contribution in [1.82, 2.24) is 9.78 Å². The van der Waals surface area contributed by atoms with Gasteiger partial charge in [-0.3, -0.25) is 0 Å². The summed E-state index contributed by atoms with van der Waals surface area (Å²) < 4.78 is 15.7. The fraction of sp³-hybridized carbons (Fsp3) is 0.850. The Morgan fingerprint density at radius 2 is 1.67 bits per heavy atom. The van der Waals surface area contributed by atoms with E-state index in [9.17, 15) is 0 Å². The van der Waals surface area contributed by atoms with Crippen molar-refractivity contribution in [2.45, 2.75) is 91.6 Å². The molecule has 4 nitrogen and oxygen atoms in total. The summed E-state index contributed by atoms with van der Waals surface area (Å²) >= 11 is 2.39. The molecule has 0 N–H and O–H groups in total. The average molecular weight is 527 g/mol. The quantitative estimate of drug-likeness (QED) is 0.218. The molecule has 1 aromatic rings. The second kappa shape index (κ2) is 9.40. The van der Waals surface area contributed by atoms with Crippen molar-refractivity contribution >= 4 is 39.0 Å². The third kappa shape index (κ3) is 8.68. The molecule has 0 saturated carbocycles. The van der Waals surface area contributed by atoms with E-state index in [4.69, 9.17) is 9.16 Å². The Morgan fingerprint density at radius 1 is 1.07 bits per heavy atom. The molecule has 0 bridgehead atoms. The Balaban J connectivity index is 2.70.